The Kier molecular flexibility index (Phi) is 7.14. The zero-order valence-electron chi connectivity index (χ0n) is 22.9. The minimum atomic E-state index is -0.426. The number of rotatable bonds is 8. The molecular weight excluding hydrogens is 539 g/mol. The number of ether oxygens (including phenoxy) is 2. The SMILES string of the molecule is COc1cc(N2CCOC2=O)ccc1Nc1nc2ccc(-c3ccc(NC(=O)C(C)c4ccc(F)cc4)cc3)cn2n1. The van der Waals surface area contributed by atoms with E-state index in [1.807, 2.05) is 42.6 Å². The summed E-state index contributed by atoms with van der Waals surface area (Å²) in [5.41, 5.74) is 5.23. The summed E-state index contributed by atoms with van der Waals surface area (Å²) in [6.45, 7) is 2.62. The average molecular weight is 567 g/mol. The molecule has 0 aliphatic carbocycles. The fourth-order valence-corrected chi connectivity index (χ4v) is 4.71. The second-order valence-corrected chi connectivity index (χ2v) is 9.77. The molecule has 0 spiro atoms. The number of fused-ring (bicyclic) bond motifs is 1. The van der Waals surface area contributed by atoms with Gasteiger partial charge >= 0.3 is 6.09 Å². The number of benzene rings is 3. The zero-order valence-corrected chi connectivity index (χ0v) is 22.9. The first-order valence-corrected chi connectivity index (χ1v) is 13.3. The molecule has 11 heteroatoms. The van der Waals surface area contributed by atoms with Gasteiger partial charge in [-0.1, -0.05) is 24.3 Å². The van der Waals surface area contributed by atoms with E-state index in [1.54, 1.807) is 53.8 Å². The smallest absolute Gasteiger partial charge is 0.414 e. The standard InChI is InChI=1S/C31H27FN6O4/c1-19(20-3-8-23(32)9-4-20)29(39)33-24-10-5-21(6-11-24)22-7-14-28-35-30(36-38(28)18-22)34-26-13-12-25(17-27(26)41-2)37-15-16-42-31(37)40/h3-14,17-19H,15-16H2,1-2H3,(H,33,39)(H,34,36). The third-order valence-electron chi connectivity index (χ3n) is 7.08. The molecule has 212 valence electrons. The van der Waals surface area contributed by atoms with Crippen LogP contribution in [-0.2, 0) is 9.53 Å². The maximum absolute atomic E-state index is 13.2. The maximum Gasteiger partial charge on any atom is 0.414 e. The van der Waals surface area contributed by atoms with Gasteiger partial charge in [0.15, 0.2) is 5.65 Å². The van der Waals surface area contributed by atoms with Crippen molar-refractivity contribution >= 4 is 40.7 Å². The lowest BCUT2D eigenvalue weighted by molar-refractivity contribution is -0.117. The summed E-state index contributed by atoms with van der Waals surface area (Å²) in [4.78, 5) is 30.7. The van der Waals surface area contributed by atoms with Crippen LogP contribution in [0.3, 0.4) is 0 Å². The third-order valence-corrected chi connectivity index (χ3v) is 7.08. The van der Waals surface area contributed by atoms with Crippen molar-refractivity contribution in [3.63, 3.8) is 0 Å². The molecule has 2 N–H and O–H groups in total. The molecule has 3 aromatic carbocycles. The van der Waals surface area contributed by atoms with Gasteiger partial charge in [0.25, 0.3) is 0 Å². The summed E-state index contributed by atoms with van der Waals surface area (Å²) in [7, 11) is 1.55. The topological polar surface area (TPSA) is 110 Å². The molecule has 3 heterocycles. The molecule has 0 saturated carbocycles. The number of cyclic esters (lactones) is 1. The van der Waals surface area contributed by atoms with Crippen LogP contribution in [-0.4, -0.2) is 46.9 Å². The molecule has 5 aromatic rings. The largest absolute Gasteiger partial charge is 0.494 e. The first-order chi connectivity index (χ1) is 20.4. The van der Waals surface area contributed by atoms with Crippen LogP contribution >= 0.6 is 0 Å². The van der Waals surface area contributed by atoms with E-state index >= 15 is 0 Å². The van der Waals surface area contributed by atoms with Gasteiger partial charge in [-0.2, -0.15) is 4.98 Å². The van der Waals surface area contributed by atoms with Crippen molar-refractivity contribution in [3.8, 4) is 16.9 Å². The number of hydrogen-bond donors (Lipinski definition) is 2. The minimum absolute atomic E-state index is 0.178. The zero-order chi connectivity index (χ0) is 29.2. The highest BCUT2D eigenvalue weighted by Crippen LogP contribution is 2.33. The summed E-state index contributed by atoms with van der Waals surface area (Å²) in [5, 5.41) is 10.7. The predicted molar refractivity (Wildman–Crippen MR) is 157 cm³/mol. The number of nitrogens with zero attached hydrogens (tertiary/aromatic N) is 4. The number of amides is 2. The fourth-order valence-electron chi connectivity index (χ4n) is 4.71. The minimum Gasteiger partial charge on any atom is -0.494 e. The molecule has 0 bridgehead atoms. The molecule has 6 rings (SSSR count). The van der Waals surface area contributed by atoms with E-state index in [0.29, 0.717) is 47.6 Å². The number of pyridine rings is 1. The molecule has 2 aromatic heterocycles. The van der Waals surface area contributed by atoms with Crippen molar-refractivity contribution in [2.24, 2.45) is 0 Å². The lowest BCUT2D eigenvalue weighted by atomic mass is 10.00. The molecule has 1 aliphatic rings. The van der Waals surface area contributed by atoms with Crippen LogP contribution in [0.15, 0.2) is 85.1 Å². The number of methoxy groups -OCH3 is 1. The van der Waals surface area contributed by atoms with Gasteiger partial charge in [0.05, 0.1) is 30.9 Å². The Morgan fingerprint density at radius 3 is 2.50 bits per heavy atom. The van der Waals surface area contributed by atoms with Gasteiger partial charge in [0, 0.05) is 23.5 Å². The molecule has 1 atom stereocenters. The Morgan fingerprint density at radius 2 is 1.79 bits per heavy atom. The number of aromatic nitrogens is 3. The van der Waals surface area contributed by atoms with E-state index in [2.05, 4.69) is 20.7 Å². The van der Waals surface area contributed by atoms with Crippen molar-refractivity contribution in [2.45, 2.75) is 12.8 Å². The van der Waals surface area contributed by atoms with Crippen LogP contribution in [0.4, 0.5) is 32.2 Å². The second kappa shape index (κ2) is 11.2. The van der Waals surface area contributed by atoms with E-state index in [4.69, 9.17) is 9.47 Å². The molecule has 1 fully saturated rings. The van der Waals surface area contributed by atoms with Crippen LogP contribution in [0.2, 0.25) is 0 Å². The van der Waals surface area contributed by atoms with Crippen LogP contribution in [0.1, 0.15) is 18.4 Å². The molecule has 0 radical (unpaired) electrons. The number of carbonyl (C=O) groups excluding carboxylic acids is 2. The normalized spacial score (nSPS) is 13.6. The summed E-state index contributed by atoms with van der Waals surface area (Å²) in [5.74, 6) is -0.0249. The van der Waals surface area contributed by atoms with Crippen LogP contribution in [0.5, 0.6) is 5.75 Å². The molecule has 2 amide bonds. The predicted octanol–water partition coefficient (Wildman–Crippen LogP) is 5.99. The molecule has 10 nitrogen and oxygen atoms in total. The van der Waals surface area contributed by atoms with Gasteiger partial charge in [-0.3, -0.25) is 9.69 Å². The summed E-state index contributed by atoms with van der Waals surface area (Å²) in [6.07, 6.45) is 1.49. The molecule has 1 aliphatic heterocycles. The Bertz CT molecular complexity index is 1770. The molecule has 1 unspecified atom stereocenters. The van der Waals surface area contributed by atoms with Gasteiger partial charge in [0.1, 0.15) is 18.2 Å². The highest BCUT2D eigenvalue weighted by molar-refractivity contribution is 5.95. The van der Waals surface area contributed by atoms with Crippen molar-refractivity contribution in [1.82, 2.24) is 14.6 Å². The lowest BCUT2D eigenvalue weighted by Crippen LogP contribution is -2.23. The van der Waals surface area contributed by atoms with Gasteiger partial charge in [-0.25, -0.2) is 13.7 Å². The molecule has 1 saturated heterocycles. The summed E-state index contributed by atoms with van der Waals surface area (Å²) < 4.78 is 25.5. The Labute approximate surface area is 240 Å². The Balaban J connectivity index is 1.15. The lowest BCUT2D eigenvalue weighted by Gasteiger charge is -2.16. The van der Waals surface area contributed by atoms with Gasteiger partial charge in [0.2, 0.25) is 11.9 Å². The van der Waals surface area contributed by atoms with E-state index in [1.165, 1.54) is 12.1 Å². The van der Waals surface area contributed by atoms with Crippen molar-refractivity contribution in [2.75, 3.05) is 35.8 Å². The van der Waals surface area contributed by atoms with Gasteiger partial charge in [-0.05, 0) is 66.6 Å². The van der Waals surface area contributed by atoms with E-state index in [-0.39, 0.29) is 17.8 Å². The van der Waals surface area contributed by atoms with Crippen LogP contribution in [0.25, 0.3) is 16.8 Å². The van der Waals surface area contributed by atoms with Crippen LogP contribution in [0, 0.1) is 5.82 Å². The van der Waals surface area contributed by atoms with Crippen molar-refractivity contribution in [3.05, 3.63) is 96.4 Å². The Hall–Kier alpha value is -5.45. The van der Waals surface area contributed by atoms with Gasteiger partial charge in [-0.15, -0.1) is 5.10 Å². The van der Waals surface area contributed by atoms with Gasteiger partial charge < -0.3 is 20.1 Å². The highest BCUT2D eigenvalue weighted by Gasteiger charge is 2.24. The maximum atomic E-state index is 13.2. The van der Waals surface area contributed by atoms with E-state index in [9.17, 15) is 14.0 Å². The number of hydrogen-bond acceptors (Lipinski definition) is 7. The third kappa shape index (κ3) is 5.44. The van der Waals surface area contributed by atoms with E-state index < -0.39 is 5.92 Å². The van der Waals surface area contributed by atoms with Crippen LogP contribution < -0.4 is 20.3 Å². The highest BCUT2D eigenvalue weighted by atomic mass is 19.1. The first kappa shape index (κ1) is 26.8. The monoisotopic (exact) mass is 566 g/mol. The summed E-state index contributed by atoms with van der Waals surface area (Å²) >= 11 is 0. The second-order valence-electron chi connectivity index (χ2n) is 9.77. The average Bonchev–Trinajstić information content (AvgIpc) is 3.62. The van der Waals surface area contributed by atoms with E-state index in [0.717, 1.165) is 16.7 Å². The molecule has 42 heavy (non-hydrogen) atoms. The first-order valence-electron chi connectivity index (χ1n) is 13.3. The fraction of sp³-hybridized carbons (Fsp3) is 0.161. The van der Waals surface area contributed by atoms with Crippen molar-refractivity contribution < 1.29 is 23.5 Å². The number of halogens is 1. The quantitative estimate of drug-likeness (QED) is 0.238. The van der Waals surface area contributed by atoms with Crippen molar-refractivity contribution in [1.29, 1.82) is 0 Å². The number of nitrogens with one attached hydrogen (secondary N) is 2. The summed E-state index contributed by atoms with van der Waals surface area (Å²) in [6, 6.07) is 22.6. The molecular formula is C31H27FN6O4. The number of carbonyl (C=O) groups is 2. The number of anilines is 4. The Morgan fingerprint density at radius 1 is 1.02 bits per heavy atom.